The third-order valence-corrected chi connectivity index (χ3v) is 2.79. The van der Waals surface area contributed by atoms with Gasteiger partial charge in [-0.3, -0.25) is 0 Å². The molecule has 92 valence electrons. The molecule has 0 aliphatic carbocycles. The van der Waals surface area contributed by atoms with E-state index in [0.29, 0.717) is 29.6 Å². The van der Waals surface area contributed by atoms with Crippen molar-refractivity contribution in [1.82, 2.24) is 4.98 Å². The number of esters is 1. The molecule has 4 nitrogen and oxygen atoms in total. The van der Waals surface area contributed by atoms with Crippen LogP contribution in [0.3, 0.4) is 0 Å². The van der Waals surface area contributed by atoms with Crippen LogP contribution in [-0.2, 0) is 9.47 Å². The maximum absolute atomic E-state index is 11.9. The third-order valence-electron chi connectivity index (χ3n) is 2.60. The first-order valence-electron chi connectivity index (χ1n) is 5.58. The number of ether oxygens (including phenoxy) is 2. The fraction of sp³-hybridized carbons (Fsp3) is 0.500. The highest BCUT2D eigenvalue weighted by atomic mass is 35.5. The van der Waals surface area contributed by atoms with Crippen LogP contribution in [0.25, 0.3) is 0 Å². The summed E-state index contributed by atoms with van der Waals surface area (Å²) >= 11 is 5.80. The number of carbonyl (C=O) groups excluding carboxylic acids is 1. The van der Waals surface area contributed by atoms with Crippen LogP contribution in [0.15, 0.2) is 12.1 Å². The lowest BCUT2D eigenvalue weighted by atomic mass is 10.1. The number of hydrogen-bond acceptors (Lipinski definition) is 4. The molecule has 0 atom stereocenters. The Bertz CT molecular complexity index is 396. The Hall–Kier alpha value is -1.13. The highest BCUT2D eigenvalue weighted by molar-refractivity contribution is 6.29. The molecular weight excluding hydrogens is 242 g/mol. The first-order chi connectivity index (χ1) is 8.15. The van der Waals surface area contributed by atoms with Crippen LogP contribution in [0.4, 0.5) is 0 Å². The number of aryl methyl sites for hydroxylation is 1. The Morgan fingerprint density at radius 2 is 2.18 bits per heavy atom. The zero-order chi connectivity index (χ0) is 12.3. The van der Waals surface area contributed by atoms with E-state index in [1.165, 1.54) is 6.07 Å². The van der Waals surface area contributed by atoms with Crippen LogP contribution in [0.5, 0.6) is 0 Å². The lowest BCUT2D eigenvalue weighted by Crippen LogP contribution is -2.26. The lowest BCUT2D eigenvalue weighted by molar-refractivity contribution is -0.0159. The van der Waals surface area contributed by atoms with Gasteiger partial charge in [0, 0.05) is 18.5 Å². The second-order valence-corrected chi connectivity index (χ2v) is 4.42. The molecule has 2 rings (SSSR count). The van der Waals surface area contributed by atoms with Gasteiger partial charge in [0.15, 0.2) is 0 Å². The first kappa shape index (κ1) is 12.3. The molecule has 1 saturated heterocycles. The molecule has 0 saturated carbocycles. The second kappa shape index (κ2) is 5.47. The number of rotatable bonds is 2. The number of aromatic nitrogens is 1. The van der Waals surface area contributed by atoms with E-state index in [2.05, 4.69) is 4.98 Å². The predicted molar refractivity (Wildman–Crippen MR) is 63.2 cm³/mol. The molecule has 1 aliphatic heterocycles. The highest BCUT2D eigenvalue weighted by Crippen LogP contribution is 2.16. The molecule has 0 spiro atoms. The van der Waals surface area contributed by atoms with Gasteiger partial charge in [-0.2, -0.15) is 0 Å². The molecule has 0 unspecified atom stereocenters. The van der Waals surface area contributed by atoms with Gasteiger partial charge < -0.3 is 9.47 Å². The van der Waals surface area contributed by atoms with Crippen molar-refractivity contribution < 1.29 is 14.3 Å². The summed E-state index contributed by atoms with van der Waals surface area (Å²) < 4.78 is 10.6. The van der Waals surface area contributed by atoms with Crippen molar-refractivity contribution in [1.29, 1.82) is 0 Å². The fourth-order valence-corrected chi connectivity index (χ4v) is 2.01. The molecule has 0 bridgehead atoms. The molecule has 2 heterocycles. The van der Waals surface area contributed by atoms with Gasteiger partial charge in [0.2, 0.25) is 0 Å². The summed E-state index contributed by atoms with van der Waals surface area (Å²) in [6.45, 7) is 3.08. The fourth-order valence-electron chi connectivity index (χ4n) is 1.76. The molecule has 0 aromatic carbocycles. The van der Waals surface area contributed by atoms with Crippen molar-refractivity contribution in [3.05, 3.63) is 28.5 Å². The van der Waals surface area contributed by atoms with Crippen LogP contribution >= 0.6 is 11.6 Å². The molecule has 17 heavy (non-hydrogen) atoms. The molecule has 0 amide bonds. The van der Waals surface area contributed by atoms with E-state index in [0.717, 1.165) is 12.8 Å². The Balaban J connectivity index is 2.03. The van der Waals surface area contributed by atoms with E-state index < -0.39 is 0 Å². The largest absolute Gasteiger partial charge is 0.459 e. The number of pyridine rings is 1. The van der Waals surface area contributed by atoms with Crippen LogP contribution in [-0.4, -0.2) is 30.3 Å². The Labute approximate surface area is 105 Å². The van der Waals surface area contributed by atoms with Gasteiger partial charge in [0.25, 0.3) is 0 Å². The monoisotopic (exact) mass is 255 g/mol. The smallest absolute Gasteiger partial charge is 0.338 e. The van der Waals surface area contributed by atoms with Crippen molar-refractivity contribution in [3.8, 4) is 0 Å². The van der Waals surface area contributed by atoms with Gasteiger partial charge >= 0.3 is 5.97 Å². The SMILES string of the molecule is Cc1cc(C(=O)OC2CCOCC2)cc(Cl)n1. The molecular formula is C12H14ClNO3. The topological polar surface area (TPSA) is 48.4 Å². The zero-order valence-electron chi connectivity index (χ0n) is 9.61. The molecule has 1 aromatic rings. The van der Waals surface area contributed by atoms with Gasteiger partial charge in [-0.15, -0.1) is 0 Å². The van der Waals surface area contributed by atoms with Gasteiger partial charge in [-0.25, -0.2) is 9.78 Å². The van der Waals surface area contributed by atoms with Crippen LogP contribution in [0.2, 0.25) is 5.15 Å². The van der Waals surface area contributed by atoms with Crippen molar-refractivity contribution in [2.45, 2.75) is 25.9 Å². The number of hydrogen-bond donors (Lipinski definition) is 0. The highest BCUT2D eigenvalue weighted by Gasteiger charge is 2.19. The standard InChI is InChI=1S/C12H14ClNO3/c1-8-6-9(7-11(13)14-8)12(15)17-10-2-4-16-5-3-10/h6-7,10H,2-5H2,1H3. The quantitative estimate of drug-likeness (QED) is 0.601. The van der Waals surface area contributed by atoms with Crippen LogP contribution in [0, 0.1) is 6.92 Å². The average Bonchev–Trinajstić information content (AvgIpc) is 2.29. The van der Waals surface area contributed by atoms with Gasteiger partial charge in [0.05, 0.1) is 18.8 Å². The minimum Gasteiger partial charge on any atom is -0.459 e. The van der Waals surface area contributed by atoms with E-state index in [1.807, 2.05) is 0 Å². The minimum atomic E-state index is -0.343. The van der Waals surface area contributed by atoms with E-state index in [1.54, 1.807) is 13.0 Å². The van der Waals surface area contributed by atoms with Gasteiger partial charge in [0.1, 0.15) is 11.3 Å². The molecule has 1 aromatic heterocycles. The number of halogens is 1. The maximum Gasteiger partial charge on any atom is 0.338 e. The summed E-state index contributed by atoms with van der Waals surface area (Å²) in [6, 6.07) is 3.20. The molecule has 1 aliphatic rings. The van der Waals surface area contributed by atoms with E-state index in [4.69, 9.17) is 21.1 Å². The molecule has 0 N–H and O–H groups in total. The van der Waals surface area contributed by atoms with Crippen LogP contribution < -0.4 is 0 Å². The van der Waals surface area contributed by atoms with E-state index >= 15 is 0 Å². The van der Waals surface area contributed by atoms with Gasteiger partial charge in [-0.05, 0) is 19.1 Å². The maximum atomic E-state index is 11.9. The lowest BCUT2D eigenvalue weighted by Gasteiger charge is -2.22. The molecule has 1 fully saturated rings. The molecule has 0 radical (unpaired) electrons. The third kappa shape index (κ3) is 3.41. The predicted octanol–water partition coefficient (Wildman–Crippen LogP) is 2.38. The summed E-state index contributed by atoms with van der Waals surface area (Å²) in [7, 11) is 0. The zero-order valence-corrected chi connectivity index (χ0v) is 10.4. The van der Waals surface area contributed by atoms with E-state index in [-0.39, 0.29) is 12.1 Å². The second-order valence-electron chi connectivity index (χ2n) is 4.04. The van der Waals surface area contributed by atoms with Crippen molar-refractivity contribution in [3.63, 3.8) is 0 Å². The molecule has 5 heteroatoms. The number of nitrogens with zero attached hydrogens (tertiary/aromatic N) is 1. The minimum absolute atomic E-state index is 0.0523. The summed E-state index contributed by atoms with van der Waals surface area (Å²) in [5.41, 5.74) is 1.16. The number of carbonyl (C=O) groups is 1. The van der Waals surface area contributed by atoms with Crippen molar-refractivity contribution in [2.75, 3.05) is 13.2 Å². The Morgan fingerprint density at radius 1 is 1.47 bits per heavy atom. The van der Waals surface area contributed by atoms with E-state index in [9.17, 15) is 4.79 Å². The summed E-state index contributed by atoms with van der Waals surface area (Å²) in [5.74, 6) is -0.343. The van der Waals surface area contributed by atoms with Crippen molar-refractivity contribution >= 4 is 17.6 Å². The first-order valence-corrected chi connectivity index (χ1v) is 5.96. The summed E-state index contributed by atoms with van der Waals surface area (Å²) in [6.07, 6.45) is 1.45. The Kier molecular flexibility index (Phi) is 3.97. The van der Waals surface area contributed by atoms with Crippen molar-refractivity contribution in [2.24, 2.45) is 0 Å². The normalized spacial score (nSPS) is 16.8. The van der Waals surface area contributed by atoms with Crippen LogP contribution in [0.1, 0.15) is 28.9 Å². The summed E-state index contributed by atoms with van der Waals surface area (Å²) in [5, 5.41) is 0.309. The average molecular weight is 256 g/mol. The Morgan fingerprint density at radius 3 is 2.82 bits per heavy atom. The summed E-state index contributed by atoms with van der Waals surface area (Å²) in [4.78, 5) is 15.9. The van der Waals surface area contributed by atoms with Gasteiger partial charge in [-0.1, -0.05) is 11.6 Å².